The van der Waals surface area contributed by atoms with Crippen LogP contribution in [0.4, 0.5) is 5.95 Å². The van der Waals surface area contributed by atoms with Crippen LogP contribution < -0.4 is 9.46 Å². The second-order valence-electron chi connectivity index (χ2n) is 13.9. The number of carbonyl (C=O) groups excluding carboxylic acids is 1. The van der Waals surface area contributed by atoms with Crippen molar-refractivity contribution in [3.05, 3.63) is 65.2 Å². The lowest BCUT2D eigenvalue weighted by Gasteiger charge is -2.37. The lowest BCUT2D eigenvalue weighted by molar-refractivity contribution is 0.0288. The normalized spacial score (nSPS) is 21.4. The molecule has 1 fully saturated rings. The van der Waals surface area contributed by atoms with Crippen LogP contribution in [0.2, 0.25) is 0 Å². The fourth-order valence-corrected chi connectivity index (χ4v) is 7.20. The van der Waals surface area contributed by atoms with Gasteiger partial charge in [0.25, 0.3) is 15.9 Å². The van der Waals surface area contributed by atoms with E-state index in [1.54, 1.807) is 18.2 Å². The Balaban J connectivity index is 0.00000461. The van der Waals surface area contributed by atoms with E-state index >= 15 is 0 Å². The SMILES string of the molecule is Cc1cccc(C)c1-c1cc2nc(n1)NS(=O)(=O)c1cccc(c1)C(=O)N(CCC1OCCC1(C)C)[C@H](CC(C)(C)C)CO2.[HH]. The summed E-state index contributed by atoms with van der Waals surface area (Å²) < 4.78 is 42.2. The smallest absolute Gasteiger partial charge is 0.264 e. The molecule has 9 nitrogen and oxygen atoms in total. The Morgan fingerprint density at radius 3 is 2.43 bits per heavy atom. The Kier molecular flexibility index (Phi) is 8.79. The summed E-state index contributed by atoms with van der Waals surface area (Å²) in [6, 6.07) is 13.5. The lowest BCUT2D eigenvalue weighted by Crippen LogP contribution is -2.47. The minimum absolute atomic E-state index is 0. The molecule has 1 N–H and O–H groups in total. The number of aromatic nitrogens is 2. The Morgan fingerprint density at radius 2 is 1.77 bits per heavy atom. The molecule has 0 radical (unpaired) electrons. The molecule has 1 saturated heterocycles. The second kappa shape index (κ2) is 12.1. The Labute approximate surface area is 262 Å². The topological polar surface area (TPSA) is 111 Å². The summed E-state index contributed by atoms with van der Waals surface area (Å²) >= 11 is 0. The monoisotopic (exact) mass is 622 g/mol. The number of aryl methyl sites for hydroxylation is 2. The summed E-state index contributed by atoms with van der Waals surface area (Å²) in [5.74, 6) is -0.113. The van der Waals surface area contributed by atoms with Gasteiger partial charge >= 0.3 is 0 Å². The molecule has 4 bridgehead atoms. The number of fused-ring (bicyclic) bond motifs is 4. The molecule has 1 unspecified atom stereocenters. The van der Waals surface area contributed by atoms with Crippen molar-refractivity contribution in [2.24, 2.45) is 10.8 Å². The number of sulfonamides is 1. The first-order chi connectivity index (χ1) is 20.6. The van der Waals surface area contributed by atoms with E-state index < -0.39 is 10.0 Å². The van der Waals surface area contributed by atoms with E-state index in [4.69, 9.17) is 9.47 Å². The molecule has 5 rings (SSSR count). The van der Waals surface area contributed by atoms with E-state index in [-0.39, 0.29) is 53.6 Å². The molecular formula is C34H46N4O5S. The quantitative estimate of drug-likeness (QED) is 0.339. The van der Waals surface area contributed by atoms with Gasteiger partial charge in [0.15, 0.2) is 0 Å². The highest BCUT2D eigenvalue weighted by Gasteiger charge is 2.37. The number of carbonyl (C=O) groups is 1. The molecule has 2 aromatic carbocycles. The molecule has 0 aliphatic carbocycles. The van der Waals surface area contributed by atoms with Gasteiger partial charge in [0, 0.05) is 31.8 Å². The molecule has 2 aliphatic heterocycles. The van der Waals surface area contributed by atoms with E-state index in [2.05, 4.69) is 49.3 Å². The maximum atomic E-state index is 14.3. The molecule has 10 heteroatoms. The molecule has 3 heterocycles. The summed E-state index contributed by atoms with van der Waals surface area (Å²) in [6.45, 7) is 16.1. The fourth-order valence-electron chi connectivity index (χ4n) is 6.21. The van der Waals surface area contributed by atoms with E-state index in [0.717, 1.165) is 23.1 Å². The van der Waals surface area contributed by atoms with Crippen LogP contribution in [0.25, 0.3) is 11.3 Å². The third kappa shape index (κ3) is 7.07. The van der Waals surface area contributed by atoms with Crippen LogP contribution in [0.1, 0.15) is 76.8 Å². The predicted octanol–water partition coefficient (Wildman–Crippen LogP) is 6.65. The van der Waals surface area contributed by atoms with E-state index in [1.807, 2.05) is 36.9 Å². The fraction of sp³-hybridized carbons (Fsp3) is 0.500. The molecule has 1 amide bonds. The summed E-state index contributed by atoms with van der Waals surface area (Å²) in [6.07, 6.45) is 2.29. The molecule has 238 valence electrons. The first-order valence-electron chi connectivity index (χ1n) is 15.3. The largest absolute Gasteiger partial charge is 0.475 e. The Morgan fingerprint density at radius 1 is 1.07 bits per heavy atom. The van der Waals surface area contributed by atoms with E-state index in [9.17, 15) is 13.2 Å². The molecule has 44 heavy (non-hydrogen) atoms. The molecule has 1 aromatic heterocycles. The van der Waals surface area contributed by atoms with Gasteiger partial charge in [-0.2, -0.15) is 4.98 Å². The number of amides is 1. The number of ether oxygens (including phenoxy) is 2. The summed E-state index contributed by atoms with van der Waals surface area (Å²) in [7, 11) is -4.12. The standard InChI is InChI=1S/C34H44N4O5S.H2/c1-22-10-8-11-23(2)30(22)27-19-29-36-32(35-27)37-44(40,41)26-13-9-12-24(18-26)31(39)38(25(21-43-29)20-33(3,4)5)16-14-28-34(6,7)15-17-42-28;/h8-13,18-19,25,28H,14-17,20-21H2,1-7H3,(H,35,36,37);1H/t25-,28?;/m1./s1. The first-order valence-corrected chi connectivity index (χ1v) is 16.8. The summed E-state index contributed by atoms with van der Waals surface area (Å²) in [5.41, 5.74) is 3.59. The van der Waals surface area contributed by atoms with Crippen LogP contribution in [-0.4, -0.2) is 61.1 Å². The maximum absolute atomic E-state index is 14.3. The van der Waals surface area contributed by atoms with Gasteiger partial charge in [0.2, 0.25) is 11.8 Å². The maximum Gasteiger partial charge on any atom is 0.264 e. The molecule has 0 saturated carbocycles. The lowest BCUT2D eigenvalue weighted by atomic mass is 9.83. The van der Waals surface area contributed by atoms with Gasteiger partial charge in [-0.25, -0.2) is 18.1 Å². The minimum atomic E-state index is -4.12. The number of anilines is 1. The number of nitrogens with zero attached hydrogens (tertiary/aromatic N) is 3. The summed E-state index contributed by atoms with van der Waals surface area (Å²) in [5, 5.41) is 0. The summed E-state index contributed by atoms with van der Waals surface area (Å²) in [4.78, 5) is 25.2. The van der Waals surface area contributed by atoms with Gasteiger partial charge in [-0.15, -0.1) is 0 Å². The molecule has 0 spiro atoms. The highest BCUT2D eigenvalue weighted by molar-refractivity contribution is 7.92. The van der Waals surface area contributed by atoms with Gasteiger partial charge in [-0.1, -0.05) is 58.9 Å². The molecule has 2 aliphatic rings. The average molecular weight is 623 g/mol. The molecular weight excluding hydrogens is 576 g/mol. The number of benzene rings is 2. The molecule has 3 aromatic rings. The van der Waals surface area contributed by atoms with Crippen molar-refractivity contribution in [1.82, 2.24) is 14.9 Å². The van der Waals surface area contributed by atoms with Gasteiger partial charge in [-0.05, 0) is 73.3 Å². The number of nitrogens with one attached hydrogen (secondary N) is 1. The Bertz CT molecular complexity index is 1630. The zero-order chi connectivity index (χ0) is 31.9. The highest BCUT2D eigenvalue weighted by Crippen LogP contribution is 2.37. The number of hydrogen-bond acceptors (Lipinski definition) is 7. The number of hydrogen-bond donors (Lipinski definition) is 1. The van der Waals surface area contributed by atoms with Crippen LogP contribution >= 0.6 is 0 Å². The van der Waals surface area contributed by atoms with Crippen LogP contribution in [0.3, 0.4) is 0 Å². The van der Waals surface area contributed by atoms with Crippen molar-refractivity contribution >= 4 is 21.9 Å². The predicted molar refractivity (Wildman–Crippen MR) is 173 cm³/mol. The van der Waals surface area contributed by atoms with Crippen molar-refractivity contribution in [1.29, 1.82) is 0 Å². The van der Waals surface area contributed by atoms with Crippen LogP contribution in [0.15, 0.2) is 53.4 Å². The van der Waals surface area contributed by atoms with Gasteiger partial charge in [0.1, 0.15) is 6.61 Å². The third-order valence-corrected chi connectivity index (χ3v) is 9.93. The Hall–Kier alpha value is -3.50. The van der Waals surface area contributed by atoms with Gasteiger partial charge in [0.05, 0.1) is 22.7 Å². The zero-order valence-corrected chi connectivity index (χ0v) is 27.6. The van der Waals surface area contributed by atoms with E-state index in [0.29, 0.717) is 37.3 Å². The molecule has 2 atom stereocenters. The van der Waals surface area contributed by atoms with Crippen molar-refractivity contribution in [3.8, 4) is 17.1 Å². The second-order valence-corrected chi connectivity index (χ2v) is 15.6. The van der Waals surface area contributed by atoms with Crippen molar-refractivity contribution in [3.63, 3.8) is 0 Å². The average Bonchev–Trinajstić information content (AvgIpc) is 3.27. The van der Waals surface area contributed by atoms with Crippen molar-refractivity contribution < 1.29 is 24.1 Å². The van der Waals surface area contributed by atoms with Crippen LogP contribution in [-0.2, 0) is 14.8 Å². The van der Waals surface area contributed by atoms with Gasteiger partial charge in [-0.3, -0.25) is 4.79 Å². The highest BCUT2D eigenvalue weighted by atomic mass is 32.2. The number of rotatable bonds is 5. The van der Waals surface area contributed by atoms with Crippen molar-refractivity contribution in [2.45, 2.75) is 84.8 Å². The van der Waals surface area contributed by atoms with Crippen LogP contribution in [0, 0.1) is 24.7 Å². The zero-order valence-electron chi connectivity index (χ0n) is 26.8. The first kappa shape index (κ1) is 31.9. The van der Waals surface area contributed by atoms with Gasteiger partial charge < -0.3 is 14.4 Å². The van der Waals surface area contributed by atoms with Crippen molar-refractivity contribution in [2.75, 3.05) is 24.5 Å². The minimum Gasteiger partial charge on any atom is -0.475 e. The third-order valence-electron chi connectivity index (χ3n) is 8.60. The van der Waals surface area contributed by atoms with E-state index in [1.165, 1.54) is 12.1 Å². The van der Waals surface area contributed by atoms with Crippen LogP contribution in [0.5, 0.6) is 5.88 Å².